The maximum atomic E-state index is 11.1. The van der Waals surface area contributed by atoms with Crippen molar-refractivity contribution in [1.82, 2.24) is 0 Å². The molecule has 0 N–H and O–H groups in total. The fourth-order valence-electron chi connectivity index (χ4n) is 1.67. The Bertz CT molecular complexity index is 137. The Morgan fingerprint density at radius 3 is 2.75 bits per heavy atom. The lowest BCUT2D eigenvalue weighted by Gasteiger charge is -2.07. The summed E-state index contributed by atoms with van der Waals surface area (Å²) in [5.74, 6) is 0.548. The van der Waals surface area contributed by atoms with Crippen LogP contribution in [0.1, 0.15) is 45.4 Å². The van der Waals surface area contributed by atoms with Gasteiger partial charge in [-0.1, -0.05) is 19.8 Å². The molecule has 0 aromatic carbocycles. The van der Waals surface area contributed by atoms with Crippen LogP contribution in [0.4, 0.5) is 0 Å². The van der Waals surface area contributed by atoms with Crippen molar-refractivity contribution < 1.29 is 9.53 Å². The molecule has 2 nitrogen and oxygen atoms in total. The fraction of sp³-hybridized carbons (Fsp3) is 0.800. The van der Waals surface area contributed by atoms with Crippen molar-refractivity contribution in [2.75, 3.05) is 0 Å². The predicted molar refractivity (Wildman–Crippen MR) is 47.3 cm³/mol. The van der Waals surface area contributed by atoms with Crippen LogP contribution in [0.2, 0.25) is 0 Å². The van der Waals surface area contributed by atoms with Gasteiger partial charge < -0.3 is 4.74 Å². The van der Waals surface area contributed by atoms with Gasteiger partial charge >= 0.3 is 5.97 Å². The largest absolute Gasteiger partial charge is 0.458 e. The Morgan fingerprint density at radius 1 is 1.50 bits per heavy atom. The van der Waals surface area contributed by atoms with Gasteiger partial charge in [-0.15, -0.1) is 0 Å². The van der Waals surface area contributed by atoms with Crippen LogP contribution in [-0.4, -0.2) is 5.97 Å². The van der Waals surface area contributed by atoms with E-state index in [1.807, 2.05) is 6.92 Å². The quantitative estimate of drug-likeness (QED) is 0.605. The summed E-state index contributed by atoms with van der Waals surface area (Å²) in [6.07, 6.45) is 6.42. The van der Waals surface area contributed by atoms with Crippen molar-refractivity contribution >= 4 is 5.97 Å². The summed E-state index contributed by atoms with van der Waals surface area (Å²) in [6.45, 7) is 3.54. The smallest absolute Gasteiger partial charge is 0.306 e. The number of esters is 1. The zero-order valence-corrected chi connectivity index (χ0v) is 7.71. The van der Waals surface area contributed by atoms with Gasteiger partial charge in [-0.2, -0.15) is 0 Å². The first-order chi connectivity index (χ1) is 5.83. The second-order valence-corrected chi connectivity index (χ2v) is 3.42. The Morgan fingerprint density at radius 2 is 2.17 bits per heavy atom. The number of carbonyl (C=O) groups excluding carboxylic acids is 1. The molecule has 0 saturated heterocycles. The molecule has 0 bridgehead atoms. The molecule has 0 aromatic heterocycles. The van der Waals surface area contributed by atoms with Gasteiger partial charge in [-0.25, -0.2) is 0 Å². The summed E-state index contributed by atoms with van der Waals surface area (Å²) in [7, 11) is 0. The number of hydrogen-bond acceptors (Lipinski definition) is 2. The molecule has 0 heterocycles. The number of rotatable bonds is 4. The van der Waals surface area contributed by atoms with Gasteiger partial charge in [0.2, 0.25) is 0 Å². The van der Waals surface area contributed by atoms with Crippen LogP contribution in [0.25, 0.3) is 0 Å². The standard InChI is InChI=1S/C10H17O2/c1-2-7-12-10(11)8-9-5-3-4-6-9/h7,9H,2-6,8H2,1H3. The zero-order valence-electron chi connectivity index (χ0n) is 7.71. The van der Waals surface area contributed by atoms with Crippen LogP contribution in [0.15, 0.2) is 0 Å². The van der Waals surface area contributed by atoms with E-state index in [1.54, 1.807) is 6.61 Å². The molecule has 2 heteroatoms. The Kier molecular flexibility index (Phi) is 4.12. The first-order valence-electron chi connectivity index (χ1n) is 4.84. The summed E-state index contributed by atoms with van der Waals surface area (Å²) < 4.78 is 4.89. The van der Waals surface area contributed by atoms with E-state index >= 15 is 0 Å². The molecule has 1 radical (unpaired) electrons. The highest BCUT2D eigenvalue weighted by molar-refractivity contribution is 5.70. The van der Waals surface area contributed by atoms with Crippen LogP contribution < -0.4 is 0 Å². The molecule has 0 atom stereocenters. The lowest BCUT2D eigenvalue weighted by atomic mass is 10.0. The van der Waals surface area contributed by atoms with E-state index in [-0.39, 0.29) is 5.97 Å². The van der Waals surface area contributed by atoms with Gasteiger partial charge in [-0.05, 0) is 25.2 Å². The van der Waals surface area contributed by atoms with Crippen molar-refractivity contribution in [2.45, 2.75) is 45.4 Å². The minimum Gasteiger partial charge on any atom is -0.458 e. The fourth-order valence-corrected chi connectivity index (χ4v) is 1.67. The average Bonchev–Trinajstić information content (AvgIpc) is 2.53. The molecular formula is C10H17O2. The van der Waals surface area contributed by atoms with E-state index in [2.05, 4.69) is 0 Å². The molecule has 0 unspecified atom stereocenters. The SMILES string of the molecule is CC[CH]OC(=O)CC1CCCC1. The third kappa shape index (κ3) is 3.24. The minimum absolute atomic E-state index is 0.0521. The third-order valence-electron chi connectivity index (χ3n) is 2.31. The van der Waals surface area contributed by atoms with Gasteiger partial charge in [0.15, 0.2) is 0 Å². The van der Waals surface area contributed by atoms with Crippen LogP contribution >= 0.6 is 0 Å². The summed E-state index contributed by atoms with van der Waals surface area (Å²) in [6, 6.07) is 0. The van der Waals surface area contributed by atoms with Gasteiger partial charge in [0.25, 0.3) is 0 Å². The summed E-state index contributed by atoms with van der Waals surface area (Å²) in [4.78, 5) is 11.1. The van der Waals surface area contributed by atoms with Crippen LogP contribution in [-0.2, 0) is 9.53 Å². The van der Waals surface area contributed by atoms with Gasteiger partial charge in [0.1, 0.15) is 6.61 Å². The monoisotopic (exact) mass is 169 g/mol. The van der Waals surface area contributed by atoms with E-state index in [9.17, 15) is 4.79 Å². The summed E-state index contributed by atoms with van der Waals surface area (Å²) >= 11 is 0. The van der Waals surface area contributed by atoms with Crippen LogP contribution in [0.5, 0.6) is 0 Å². The van der Waals surface area contributed by atoms with Crippen molar-refractivity contribution in [3.8, 4) is 0 Å². The minimum atomic E-state index is -0.0521. The predicted octanol–water partition coefficient (Wildman–Crippen LogP) is 2.68. The Hall–Kier alpha value is -0.530. The number of carbonyl (C=O) groups is 1. The van der Waals surface area contributed by atoms with Gasteiger partial charge in [-0.3, -0.25) is 4.79 Å². The normalized spacial score (nSPS) is 18.1. The molecule has 0 spiro atoms. The molecule has 0 aliphatic heterocycles. The van der Waals surface area contributed by atoms with Gasteiger partial charge in [0.05, 0.1) is 0 Å². The molecule has 12 heavy (non-hydrogen) atoms. The van der Waals surface area contributed by atoms with Crippen molar-refractivity contribution in [1.29, 1.82) is 0 Å². The van der Waals surface area contributed by atoms with Crippen LogP contribution in [0, 0.1) is 12.5 Å². The molecule has 69 valence electrons. The highest BCUT2D eigenvalue weighted by Crippen LogP contribution is 2.27. The van der Waals surface area contributed by atoms with E-state index in [4.69, 9.17) is 4.74 Å². The van der Waals surface area contributed by atoms with Crippen molar-refractivity contribution in [3.05, 3.63) is 6.61 Å². The van der Waals surface area contributed by atoms with E-state index in [0.29, 0.717) is 12.3 Å². The van der Waals surface area contributed by atoms with E-state index < -0.39 is 0 Å². The topological polar surface area (TPSA) is 26.3 Å². The summed E-state index contributed by atoms with van der Waals surface area (Å²) in [5, 5.41) is 0. The third-order valence-corrected chi connectivity index (χ3v) is 2.31. The zero-order chi connectivity index (χ0) is 8.81. The molecular weight excluding hydrogens is 152 g/mol. The van der Waals surface area contributed by atoms with E-state index in [0.717, 1.165) is 6.42 Å². The second-order valence-electron chi connectivity index (χ2n) is 3.42. The van der Waals surface area contributed by atoms with E-state index in [1.165, 1.54) is 25.7 Å². The van der Waals surface area contributed by atoms with Crippen LogP contribution in [0.3, 0.4) is 0 Å². The lowest BCUT2D eigenvalue weighted by molar-refractivity contribution is -0.141. The Balaban J connectivity index is 2.08. The molecule has 1 saturated carbocycles. The number of ether oxygens (including phenoxy) is 1. The van der Waals surface area contributed by atoms with Gasteiger partial charge in [0, 0.05) is 6.42 Å². The lowest BCUT2D eigenvalue weighted by Crippen LogP contribution is -2.07. The average molecular weight is 169 g/mol. The molecule has 0 amide bonds. The number of hydrogen-bond donors (Lipinski definition) is 0. The second kappa shape index (κ2) is 5.18. The molecule has 1 fully saturated rings. The first-order valence-corrected chi connectivity index (χ1v) is 4.84. The Labute approximate surface area is 74.3 Å². The van der Waals surface area contributed by atoms with Crippen molar-refractivity contribution in [2.24, 2.45) is 5.92 Å². The maximum Gasteiger partial charge on any atom is 0.306 e. The molecule has 0 aromatic rings. The highest BCUT2D eigenvalue weighted by Gasteiger charge is 2.18. The maximum absolute atomic E-state index is 11.1. The molecule has 1 aliphatic rings. The highest BCUT2D eigenvalue weighted by atomic mass is 16.5. The molecule has 1 aliphatic carbocycles. The molecule has 1 rings (SSSR count). The van der Waals surface area contributed by atoms with Crippen molar-refractivity contribution in [3.63, 3.8) is 0 Å². The first kappa shape index (κ1) is 9.56. The summed E-state index contributed by atoms with van der Waals surface area (Å²) in [5.41, 5.74) is 0.